The SMILES string of the molecule is C=CCn1cc(O)n(COC(=O)C(CC)CNc2ccc(C(F)(F)F)cc2Cl)c1=O. The molecule has 0 aliphatic carbocycles. The van der Waals surface area contributed by atoms with Gasteiger partial charge in [0.2, 0.25) is 5.88 Å². The molecule has 7 nitrogen and oxygen atoms in total. The van der Waals surface area contributed by atoms with E-state index in [0.29, 0.717) is 6.42 Å². The second kappa shape index (κ2) is 9.75. The number of carbonyl (C=O) groups excluding carboxylic acids is 1. The summed E-state index contributed by atoms with van der Waals surface area (Å²) in [6.45, 7) is 4.99. The number of carbonyl (C=O) groups is 1. The third-order valence-corrected chi connectivity index (χ3v) is 4.66. The Morgan fingerprint density at radius 3 is 2.70 bits per heavy atom. The number of allylic oxidation sites excluding steroid dienone is 1. The van der Waals surface area contributed by atoms with E-state index in [1.54, 1.807) is 6.92 Å². The molecular weight excluding hydrogens is 427 g/mol. The van der Waals surface area contributed by atoms with E-state index in [1.807, 2.05) is 0 Å². The van der Waals surface area contributed by atoms with Crippen LogP contribution < -0.4 is 11.0 Å². The molecule has 0 radical (unpaired) electrons. The van der Waals surface area contributed by atoms with Crippen molar-refractivity contribution in [1.82, 2.24) is 9.13 Å². The van der Waals surface area contributed by atoms with Gasteiger partial charge in [0.25, 0.3) is 0 Å². The average molecular weight is 448 g/mol. The molecular formula is C19H21ClF3N3O4. The van der Waals surface area contributed by atoms with Crippen LogP contribution in [0.25, 0.3) is 0 Å². The molecule has 1 unspecified atom stereocenters. The first kappa shape index (κ1) is 23.4. The minimum Gasteiger partial charge on any atom is -0.493 e. The molecule has 1 heterocycles. The fraction of sp³-hybridized carbons (Fsp3) is 0.368. The number of hydrogen-bond acceptors (Lipinski definition) is 5. The monoisotopic (exact) mass is 447 g/mol. The summed E-state index contributed by atoms with van der Waals surface area (Å²) < 4.78 is 45.3. The van der Waals surface area contributed by atoms with Crippen LogP contribution in [0.1, 0.15) is 18.9 Å². The number of aromatic nitrogens is 2. The highest BCUT2D eigenvalue weighted by atomic mass is 35.5. The van der Waals surface area contributed by atoms with Gasteiger partial charge in [-0.15, -0.1) is 6.58 Å². The first-order valence-corrected chi connectivity index (χ1v) is 9.33. The molecule has 0 aliphatic rings. The molecule has 0 fully saturated rings. The molecule has 1 aromatic heterocycles. The van der Waals surface area contributed by atoms with Gasteiger partial charge in [0, 0.05) is 13.1 Å². The lowest BCUT2D eigenvalue weighted by molar-refractivity contribution is -0.152. The van der Waals surface area contributed by atoms with Crippen LogP contribution in [0.4, 0.5) is 18.9 Å². The van der Waals surface area contributed by atoms with E-state index < -0.39 is 36.0 Å². The van der Waals surface area contributed by atoms with Gasteiger partial charge in [-0.25, -0.2) is 9.36 Å². The molecule has 2 rings (SSSR count). The Morgan fingerprint density at radius 2 is 2.13 bits per heavy atom. The Labute approximate surface area is 175 Å². The van der Waals surface area contributed by atoms with Gasteiger partial charge in [-0.3, -0.25) is 9.36 Å². The van der Waals surface area contributed by atoms with Crippen LogP contribution in [0, 0.1) is 5.92 Å². The van der Waals surface area contributed by atoms with Gasteiger partial charge >= 0.3 is 17.8 Å². The Morgan fingerprint density at radius 1 is 1.43 bits per heavy atom. The molecule has 0 aliphatic heterocycles. The predicted octanol–water partition coefficient (Wildman–Crippen LogP) is 3.85. The van der Waals surface area contributed by atoms with E-state index in [1.165, 1.54) is 22.9 Å². The van der Waals surface area contributed by atoms with Gasteiger partial charge in [-0.2, -0.15) is 13.2 Å². The third-order valence-electron chi connectivity index (χ3n) is 4.35. The second-order valence-electron chi connectivity index (χ2n) is 6.41. The van der Waals surface area contributed by atoms with Crippen LogP contribution in [0.2, 0.25) is 5.02 Å². The number of ether oxygens (including phenoxy) is 1. The van der Waals surface area contributed by atoms with E-state index in [-0.39, 0.29) is 29.7 Å². The van der Waals surface area contributed by atoms with Gasteiger partial charge < -0.3 is 15.2 Å². The summed E-state index contributed by atoms with van der Waals surface area (Å²) in [5, 5.41) is 12.5. The van der Waals surface area contributed by atoms with E-state index in [0.717, 1.165) is 16.7 Å². The number of rotatable bonds is 9. The first-order valence-electron chi connectivity index (χ1n) is 8.95. The van der Waals surface area contributed by atoms with E-state index in [2.05, 4.69) is 11.9 Å². The molecule has 1 atom stereocenters. The normalized spacial score (nSPS) is 12.4. The number of nitrogens with zero attached hydrogens (tertiary/aromatic N) is 2. The molecule has 0 amide bonds. The number of anilines is 1. The minimum atomic E-state index is -4.51. The lowest BCUT2D eigenvalue weighted by Gasteiger charge is -2.17. The molecule has 0 spiro atoms. The van der Waals surface area contributed by atoms with Crippen molar-refractivity contribution in [3.05, 3.63) is 58.1 Å². The highest BCUT2D eigenvalue weighted by Gasteiger charge is 2.31. The maximum Gasteiger partial charge on any atom is 0.416 e. The maximum absolute atomic E-state index is 12.7. The first-order chi connectivity index (χ1) is 14.1. The fourth-order valence-electron chi connectivity index (χ4n) is 2.62. The average Bonchev–Trinajstić information content (AvgIpc) is 2.94. The summed E-state index contributed by atoms with van der Waals surface area (Å²) in [4.78, 5) is 24.4. The molecule has 2 aromatic rings. The molecule has 30 heavy (non-hydrogen) atoms. The minimum absolute atomic E-state index is 0.0543. The van der Waals surface area contributed by atoms with Crippen LogP contribution in [0.3, 0.4) is 0 Å². The number of aromatic hydroxyl groups is 1. The quantitative estimate of drug-likeness (QED) is 0.450. The molecule has 2 N–H and O–H groups in total. The van der Waals surface area contributed by atoms with Crippen molar-refractivity contribution in [1.29, 1.82) is 0 Å². The number of esters is 1. The number of hydrogen-bond donors (Lipinski definition) is 2. The number of imidazole rings is 1. The van der Waals surface area contributed by atoms with Crippen molar-refractivity contribution in [3.63, 3.8) is 0 Å². The van der Waals surface area contributed by atoms with Crippen LogP contribution in [-0.2, 0) is 29.0 Å². The molecule has 1 aromatic carbocycles. The predicted molar refractivity (Wildman–Crippen MR) is 105 cm³/mol. The zero-order valence-corrected chi connectivity index (χ0v) is 16.8. The van der Waals surface area contributed by atoms with Crippen molar-refractivity contribution >= 4 is 23.3 Å². The van der Waals surface area contributed by atoms with Gasteiger partial charge in [0.05, 0.1) is 28.4 Å². The van der Waals surface area contributed by atoms with E-state index in [9.17, 15) is 27.9 Å². The summed E-state index contributed by atoms with van der Waals surface area (Å²) in [5.74, 6) is -1.66. The molecule has 0 bridgehead atoms. The summed E-state index contributed by atoms with van der Waals surface area (Å²) in [7, 11) is 0. The fourth-order valence-corrected chi connectivity index (χ4v) is 2.86. The Balaban J connectivity index is 1.99. The van der Waals surface area contributed by atoms with Crippen molar-refractivity contribution in [2.45, 2.75) is 32.8 Å². The maximum atomic E-state index is 12.7. The van der Waals surface area contributed by atoms with Crippen LogP contribution >= 0.6 is 11.6 Å². The van der Waals surface area contributed by atoms with Crippen molar-refractivity contribution < 1.29 is 27.8 Å². The third kappa shape index (κ3) is 5.59. The molecule has 11 heteroatoms. The smallest absolute Gasteiger partial charge is 0.416 e. The standard InChI is InChI=1S/C19H21ClF3N3O4/c1-3-7-25-10-16(27)26(18(25)29)11-30-17(28)12(4-2)9-24-15-6-5-13(8-14(15)20)19(21,22)23/h3,5-6,8,10,12,24,27H,1,4,7,9,11H2,2H3. The second-order valence-corrected chi connectivity index (χ2v) is 6.82. The van der Waals surface area contributed by atoms with Gasteiger partial charge in [0.15, 0.2) is 6.73 Å². The Bertz CT molecular complexity index is 969. The van der Waals surface area contributed by atoms with Crippen LogP contribution in [-0.4, -0.2) is 26.8 Å². The van der Waals surface area contributed by atoms with E-state index >= 15 is 0 Å². The summed E-state index contributed by atoms with van der Waals surface area (Å²) >= 11 is 5.89. The highest BCUT2D eigenvalue weighted by Crippen LogP contribution is 2.33. The van der Waals surface area contributed by atoms with Crippen molar-refractivity contribution in [2.24, 2.45) is 5.92 Å². The van der Waals surface area contributed by atoms with E-state index in [4.69, 9.17) is 16.3 Å². The zero-order valence-electron chi connectivity index (χ0n) is 16.1. The van der Waals surface area contributed by atoms with Gasteiger partial charge in [0.1, 0.15) is 0 Å². The largest absolute Gasteiger partial charge is 0.493 e. The summed E-state index contributed by atoms with van der Waals surface area (Å²) in [6, 6.07) is 2.87. The van der Waals surface area contributed by atoms with Crippen LogP contribution in [0.15, 0.2) is 41.8 Å². The van der Waals surface area contributed by atoms with Gasteiger partial charge in [-0.05, 0) is 24.6 Å². The zero-order chi connectivity index (χ0) is 22.5. The lowest BCUT2D eigenvalue weighted by atomic mass is 10.1. The number of halogens is 4. The number of alkyl halides is 3. The summed E-state index contributed by atoms with van der Waals surface area (Å²) in [6.07, 6.45) is -1.47. The van der Waals surface area contributed by atoms with Crippen molar-refractivity contribution in [3.8, 4) is 5.88 Å². The van der Waals surface area contributed by atoms with Gasteiger partial charge in [-0.1, -0.05) is 24.6 Å². The Hall–Kier alpha value is -2.88. The topological polar surface area (TPSA) is 85.5 Å². The van der Waals surface area contributed by atoms with Crippen LogP contribution in [0.5, 0.6) is 5.88 Å². The Kier molecular flexibility index (Phi) is 7.60. The molecule has 0 saturated carbocycles. The highest BCUT2D eigenvalue weighted by molar-refractivity contribution is 6.33. The molecule has 0 saturated heterocycles. The lowest BCUT2D eigenvalue weighted by Crippen LogP contribution is -2.29. The number of nitrogens with one attached hydrogen (secondary N) is 1. The summed E-state index contributed by atoms with van der Waals surface area (Å²) in [5.41, 5.74) is -1.20. The van der Waals surface area contributed by atoms with Crippen molar-refractivity contribution in [2.75, 3.05) is 11.9 Å². The number of benzene rings is 1. The molecule has 164 valence electrons.